The van der Waals surface area contributed by atoms with Crippen molar-refractivity contribution < 1.29 is 18.3 Å². The Hall–Kier alpha value is -3.22. The topological polar surface area (TPSA) is 45.1 Å². The molecule has 0 atom stereocenters. The van der Waals surface area contributed by atoms with Gasteiger partial charge in [-0.2, -0.15) is 0 Å². The molecule has 1 aliphatic rings. The number of hydrogen-bond donors (Lipinski definition) is 0. The van der Waals surface area contributed by atoms with Gasteiger partial charge in [0.05, 0.1) is 5.69 Å². The van der Waals surface area contributed by atoms with Crippen molar-refractivity contribution in [3.05, 3.63) is 65.9 Å². The first-order valence-electron chi connectivity index (χ1n) is 10.2. The van der Waals surface area contributed by atoms with Gasteiger partial charge in [-0.05, 0) is 50.3 Å². The smallest absolute Gasteiger partial charge is 0.148 e. The van der Waals surface area contributed by atoms with Crippen molar-refractivity contribution >= 4 is 23.5 Å². The Morgan fingerprint density at radius 2 is 1.90 bits per heavy atom. The van der Waals surface area contributed by atoms with Gasteiger partial charge in [0.25, 0.3) is 0 Å². The Morgan fingerprint density at radius 3 is 2.55 bits per heavy atom. The third-order valence-corrected chi connectivity index (χ3v) is 5.33. The van der Waals surface area contributed by atoms with Gasteiger partial charge in [0, 0.05) is 50.4 Å². The van der Waals surface area contributed by atoms with Crippen LogP contribution in [0.4, 0.5) is 20.2 Å². The number of nitrogens with zero attached hydrogens (tertiary/aromatic N) is 3. The lowest BCUT2D eigenvalue weighted by molar-refractivity contribution is -0.104. The number of aliphatic imine (C=N–C) groups is 1. The molecular formula is C24H27F2N3O2. The largest absolute Gasteiger partial charge is 0.490 e. The molecule has 3 rings (SSSR count). The zero-order valence-corrected chi connectivity index (χ0v) is 18.0. The lowest BCUT2D eigenvalue weighted by Crippen LogP contribution is -2.38. The van der Waals surface area contributed by atoms with E-state index < -0.39 is 0 Å². The molecule has 0 aliphatic carbocycles. The molecule has 0 radical (unpaired) electrons. The molecule has 2 aromatic rings. The number of benzene rings is 2. The Kier molecular flexibility index (Phi) is 7.39. The third kappa shape index (κ3) is 5.90. The predicted molar refractivity (Wildman–Crippen MR) is 120 cm³/mol. The molecular weight excluding hydrogens is 400 g/mol. The van der Waals surface area contributed by atoms with Crippen molar-refractivity contribution in [2.45, 2.75) is 32.8 Å². The highest BCUT2D eigenvalue weighted by Crippen LogP contribution is 2.28. The monoisotopic (exact) mass is 427 g/mol. The van der Waals surface area contributed by atoms with Crippen molar-refractivity contribution in [2.75, 3.05) is 29.9 Å². The standard InChI is InChI=1S/C24H27F2N3O2/c1-17(11-14-30)27-18(2)28(3)20-7-8-24(23(26)16-20)29-12-9-21(10-13-29)31-22-6-4-5-19(25)15-22/h4-8,11,14-16,21H,9-10,12-13H2,1-3H3/b17-11-,27-18?. The lowest BCUT2D eigenvalue weighted by Gasteiger charge is -2.34. The molecule has 0 aromatic heterocycles. The van der Waals surface area contributed by atoms with E-state index in [0.717, 1.165) is 12.8 Å². The van der Waals surface area contributed by atoms with Gasteiger partial charge in [0.2, 0.25) is 0 Å². The summed E-state index contributed by atoms with van der Waals surface area (Å²) in [7, 11) is 1.80. The minimum atomic E-state index is -0.322. The number of anilines is 2. The maximum atomic E-state index is 14.9. The minimum absolute atomic E-state index is 0.0203. The molecule has 1 saturated heterocycles. The van der Waals surface area contributed by atoms with Crippen molar-refractivity contribution in [1.82, 2.24) is 0 Å². The number of carbonyl (C=O) groups excluding carboxylic acids is 1. The molecule has 0 spiro atoms. The first-order valence-corrected chi connectivity index (χ1v) is 10.2. The average molecular weight is 427 g/mol. The number of aldehydes is 1. The quantitative estimate of drug-likeness (QED) is 0.283. The Balaban J connectivity index is 1.63. The third-order valence-electron chi connectivity index (χ3n) is 5.33. The SMILES string of the molecule is CC(=N/C(C)=C\C=O)N(C)c1ccc(N2CCC(Oc3cccc(F)c3)CC2)c(F)c1. The van der Waals surface area contributed by atoms with E-state index in [4.69, 9.17) is 4.74 Å². The molecule has 1 fully saturated rings. The summed E-state index contributed by atoms with van der Waals surface area (Å²) in [4.78, 5) is 18.7. The van der Waals surface area contributed by atoms with Crippen LogP contribution in [-0.4, -0.2) is 38.4 Å². The molecule has 0 amide bonds. The second-order valence-corrected chi connectivity index (χ2v) is 7.56. The molecule has 0 unspecified atom stereocenters. The van der Waals surface area contributed by atoms with E-state index in [1.165, 1.54) is 24.3 Å². The predicted octanol–water partition coefficient (Wildman–Crippen LogP) is 4.97. The summed E-state index contributed by atoms with van der Waals surface area (Å²) in [6.07, 6.45) is 3.50. The highest BCUT2D eigenvalue weighted by molar-refractivity contribution is 5.96. The molecule has 1 heterocycles. The average Bonchev–Trinajstić information content (AvgIpc) is 2.74. The molecule has 164 valence electrons. The number of halogens is 2. The fourth-order valence-electron chi connectivity index (χ4n) is 3.56. The highest BCUT2D eigenvalue weighted by atomic mass is 19.1. The van der Waals surface area contributed by atoms with Gasteiger partial charge in [-0.1, -0.05) is 6.07 Å². The van der Waals surface area contributed by atoms with Crippen LogP contribution in [0.5, 0.6) is 5.75 Å². The van der Waals surface area contributed by atoms with Crippen LogP contribution >= 0.6 is 0 Å². The van der Waals surface area contributed by atoms with Gasteiger partial charge in [0.1, 0.15) is 35.6 Å². The number of hydrogen-bond acceptors (Lipinski definition) is 4. The van der Waals surface area contributed by atoms with Crippen LogP contribution in [0.1, 0.15) is 26.7 Å². The molecule has 0 N–H and O–H groups in total. The van der Waals surface area contributed by atoms with Crippen LogP contribution in [0, 0.1) is 11.6 Å². The maximum Gasteiger partial charge on any atom is 0.148 e. The summed E-state index contributed by atoms with van der Waals surface area (Å²) < 4.78 is 34.1. The summed E-state index contributed by atoms with van der Waals surface area (Å²) in [6.45, 7) is 4.85. The van der Waals surface area contributed by atoms with Gasteiger partial charge in [-0.3, -0.25) is 4.79 Å². The normalized spacial score (nSPS) is 15.7. The summed E-state index contributed by atoms with van der Waals surface area (Å²) in [5, 5.41) is 0. The van der Waals surface area contributed by atoms with Crippen molar-refractivity contribution in [1.29, 1.82) is 0 Å². The molecule has 5 nitrogen and oxygen atoms in total. The van der Waals surface area contributed by atoms with Crippen LogP contribution in [0.25, 0.3) is 0 Å². The molecule has 0 saturated carbocycles. The number of ether oxygens (including phenoxy) is 1. The summed E-state index contributed by atoms with van der Waals surface area (Å²) in [5.74, 6) is 0.546. The first kappa shape index (κ1) is 22.5. The van der Waals surface area contributed by atoms with E-state index in [2.05, 4.69) is 4.99 Å². The van der Waals surface area contributed by atoms with E-state index in [9.17, 15) is 13.6 Å². The van der Waals surface area contributed by atoms with Crippen LogP contribution < -0.4 is 14.5 Å². The maximum absolute atomic E-state index is 14.9. The van der Waals surface area contributed by atoms with Crippen LogP contribution in [0.3, 0.4) is 0 Å². The van der Waals surface area contributed by atoms with Gasteiger partial charge in [-0.15, -0.1) is 0 Å². The van der Waals surface area contributed by atoms with Crippen molar-refractivity contribution in [2.24, 2.45) is 4.99 Å². The Labute approximate surface area is 181 Å². The van der Waals surface area contributed by atoms with Crippen LogP contribution in [0.2, 0.25) is 0 Å². The molecule has 1 aliphatic heterocycles. The summed E-state index contributed by atoms with van der Waals surface area (Å²) in [5.41, 5.74) is 1.80. The number of rotatable bonds is 6. The van der Waals surface area contributed by atoms with E-state index >= 15 is 0 Å². The molecule has 31 heavy (non-hydrogen) atoms. The van der Waals surface area contributed by atoms with Gasteiger partial charge in [0.15, 0.2) is 0 Å². The van der Waals surface area contributed by atoms with Gasteiger partial charge >= 0.3 is 0 Å². The Morgan fingerprint density at radius 1 is 1.16 bits per heavy atom. The van der Waals surface area contributed by atoms with Gasteiger partial charge in [-0.25, -0.2) is 13.8 Å². The Bertz CT molecular complexity index is 983. The first-order chi connectivity index (χ1) is 14.9. The second kappa shape index (κ2) is 10.2. The number of piperidine rings is 1. The lowest BCUT2D eigenvalue weighted by atomic mass is 10.1. The fraction of sp³-hybridized carbons (Fsp3) is 0.333. The molecule has 2 aromatic carbocycles. The van der Waals surface area contributed by atoms with Crippen LogP contribution in [-0.2, 0) is 4.79 Å². The van der Waals surface area contributed by atoms with E-state index in [1.54, 1.807) is 44.0 Å². The number of amidine groups is 1. The summed E-state index contributed by atoms with van der Waals surface area (Å²) in [6, 6.07) is 11.2. The fourth-order valence-corrected chi connectivity index (χ4v) is 3.56. The summed E-state index contributed by atoms with van der Waals surface area (Å²) >= 11 is 0. The number of allylic oxidation sites excluding steroid dienone is 2. The van der Waals surface area contributed by atoms with E-state index in [-0.39, 0.29) is 17.7 Å². The van der Waals surface area contributed by atoms with Gasteiger partial charge < -0.3 is 14.5 Å². The minimum Gasteiger partial charge on any atom is -0.490 e. The zero-order chi connectivity index (χ0) is 22.4. The van der Waals surface area contributed by atoms with Crippen molar-refractivity contribution in [3.8, 4) is 5.75 Å². The second-order valence-electron chi connectivity index (χ2n) is 7.56. The zero-order valence-electron chi connectivity index (χ0n) is 18.0. The molecule has 7 heteroatoms. The highest BCUT2D eigenvalue weighted by Gasteiger charge is 2.23. The van der Waals surface area contributed by atoms with E-state index in [0.29, 0.717) is 48.0 Å². The molecule has 0 bridgehead atoms. The van der Waals surface area contributed by atoms with Crippen LogP contribution in [0.15, 0.2) is 59.2 Å². The number of carbonyl (C=O) groups is 1. The van der Waals surface area contributed by atoms with Crippen molar-refractivity contribution in [3.63, 3.8) is 0 Å². The van der Waals surface area contributed by atoms with E-state index in [1.807, 2.05) is 11.0 Å².